The summed E-state index contributed by atoms with van der Waals surface area (Å²) in [4.78, 5) is 7.66. The van der Waals surface area contributed by atoms with Crippen molar-refractivity contribution < 1.29 is 1.43 Å². The summed E-state index contributed by atoms with van der Waals surface area (Å²) in [5.74, 6) is 0.991. The maximum Gasteiger partial charge on any atom is 0.103 e. The fraction of sp³-hybridized carbons (Fsp3) is 0.526. The first kappa shape index (κ1) is 17.5. The quantitative estimate of drug-likeness (QED) is 0.698. The van der Waals surface area contributed by atoms with Crippen LogP contribution >= 0.6 is 0 Å². The first-order valence-corrected chi connectivity index (χ1v) is 8.39. The summed E-state index contributed by atoms with van der Waals surface area (Å²) in [6.07, 6.45) is 7.05. The predicted molar refractivity (Wildman–Crippen MR) is 94.9 cm³/mol. The molecule has 1 aliphatic carbocycles. The molecule has 1 aromatic carbocycles. The van der Waals surface area contributed by atoms with Gasteiger partial charge >= 0.3 is 0 Å². The molecule has 0 unspecified atom stereocenters. The van der Waals surface area contributed by atoms with Gasteiger partial charge in [0.1, 0.15) is 5.82 Å². The van der Waals surface area contributed by atoms with E-state index >= 15 is 0 Å². The van der Waals surface area contributed by atoms with E-state index in [1.54, 1.807) is 11.1 Å². The third-order valence-electron chi connectivity index (χ3n) is 3.76. The minimum absolute atomic E-state index is 0. The Morgan fingerprint density at radius 1 is 0.952 bits per heavy atom. The van der Waals surface area contributed by atoms with Gasteiger partial charge in [-0.1, -0.05) is 39.8 Å². The summed E-state index contributed by atoms with van der Waals surface area (Å²) in [7, 11) is 0. The molecule has 0 amide bonds. The molecule has 0 atom stereocenters. The fourth-order valence-electron chi connectivity index (χ4n) is 2.86. The maximum atomic E-state index is 4.31. The molecule has 0 bridgehead atoms. The van der Waals surface area contributed by atoms with Crippen LogP contribution in [0.2, 0.25) is 0 Å². The van der Waals surface area contributed by atoms with Crippen LogP contribution < -0.4 is 0 Å². The molecule has 1 heterocycles. The van der Waals surface area contributed by atoms with Crippen molar-refractivity contribution in [2.24, 2.45) is 0 Å². The molecule has 2 aromatic rings. The zero-order valence-electron chi connectivity index (χ0n) is 14.5. The Balaban J connectivity index is 0.000000819. The first-order valence-electron chi connectivity index (χ1n) is 8.39. The van der Waals surface area contributed by atoms with E-state index in [-0.39, 0.29) is 1.43 Å². The lowest BCUT2D eigenvalue weighted by atomic mass is 9.85. The van der Waals surface area contributed by atoms with E-state index in [0.29, 0.717) is 0 Å². The van der Waals surface area contributed by atoms with Crippen LogP contribution in [0.3, 0.4) is 0 Å². The zero-order valence-corrected chi connectivity index (χ0v) is 14.5. The van der Waals surface area contributed by atoms with E-state index in [1.165, 1.54) is 42.5 Å². The van der Waals surface area contributed by atoms with E-state index in [4.69, 9.17) is 0 Å². The third-order valence-corrected chi connectivity index (χ3v) is 3.76. The van der Waals surface area contributed by atoms with Gasteiger partial charge in [-0.3, -0.25) is 0 Å². The number of aryl methyl sites for hydroxylation is 2. The average Bonchev–Trinajstić information content (AvgIpc) is 2.98. The fourth-order valence-corrected chi connectivity index (χ4v) is 2.86. The number of aromatic amines is 1. The minimum atomic E-state index is 0. The van der Waals surface area contributed by atoms with Gasteiger partial charge in [-0.05, 0) is 56.2 Å². The SMILES string of the molecule is CC.CC.Cc1ncc(-c2ccc(C)c3c2CCCC3)[nH]1.[HH]. The van der Waals surface area contributed by atoms with Crippen LogP contribution in [0.1, 0.15) is 64.5 Å². The lowest BCUT2D eigenvalue weighted by Crippen LogP contribution is -2.06. The highest BCUT2D eigenvalue weighted by Gasteiger charge is 2.16. The maximum absolute atomic E-state index is 4.31. The minimum Gasteiger partial charge on any atom is -0.342 e. The van der Waals surface area contributed by atoms with Crippen molar-refractivity contribution in [3.63, 3.8) is 0 Å². The monoisotopic (exact) mass is 288 g/mol. The number of benzene rings is 1. The average molecular weight is 288 g/mol. The Morgan fingerprint density at radius 2 is 1.57 bits per heavy atom. The molecule has 0 saturated heterocycles. The van der Waals surface area contributed by atoms with Crippen molar-refractivity contribution >= 4 is 0 Å². The predicted octanol–water partition coefficient (Wildman–Crippen LogP) is 5.87. The van der Waals surface area contributed by atoms with Crippen molar-refractivity contribution in [3.05, 3.63) is 40.8 Å². The first-order chi connectivity index (χ1) is 10.3. The molecule has 1 aromatic heterocycles. The summed E-state index contributed by atoms with van der Waals surface area (Å²) in [6, 6.07) is 4.49. The number of nitrogens with zero attached hydrogens (tertiary/aromatic N) is 1. The molecule has 0 saturated carbocycles. The molecule has 21 heavy (non-hydrogen) atoms. The molecule has 2 heteroatoms. The van der Waals surface area contributed by atoms with E-state index in [1.807, 2.05) is 40.8 Å². The number of hydrogen-bond acceptors (Lipinski definition) is 1. The van der Waals surface area contributed by atoms with E-state index in [0.717, 1.165) is 5.82 Å². The summed E-state index contributed by atoms with van der Waals surface area (Å²) < 4.78 is 0. The van der Waals surface area contributed by atoms with E-state index in [2.05, 4.69) is 29.0 Å². The highest BCUT2D eigenvalue weighted by molar-refractivity contribution is 5.66. The summed E-state index contributed by atoms with van der Waals surface area (Å²) >= 11 is 0. The van der Waals surface area contributed by atoms with E-state index in [9.17, 15) is 0 Å². The van der Waals surface area contributed by atoms with Gasteiger partial charge in [-0.2, -0.15) is 0 Å². The summed E-state index contributed by atoms with van der Waals surface area (Å²) in [6.45, 7) is 12.2. The Kier molecular flexibility index (Phi) is 7.21. The van der Waals surface area contributed by atoms with Crippen molar-refractivity contribution in [3.8, 4) is 11.3 Å². The molecular weight excluding hydrogens is 256 g/mol. The van der Waals surface area contributed by atoms with Crippen molar-refractivity contribution in [1.29, 1.82) is 0 Å². The number of aromatic nitrogens is 2. The highest BCUT2D eigenvalue weighted by Crippen LogP contribution is 2.32. The van der Waals surface area contributed by atoms with E-state index < -0.39 is 0 Å². The molecule has 1 N–H and O–H groups in total. The topological polar surface area (TPSA) is 28.7 Å². The van der Waals surface area contributed by atoms with Crippen LogP contribution in [0.4, 0.5) is 0 Å². The van der Waals surface area contributed by atoms with Gasteiger partial charge in [0.25, 0.3) is 0 Å². The van der Waals surface area contributed by atoms with Crippen LogP contribution in [0.15, 0.2) is 18.3 Å². The normalized spacial score (nSPS) is 12.5. The van der Waals surface area contributed by atoms with Crippen LogP contribution in [-0.2, 0) is 12.8 Å². The number of nitrogens with one attached hydrogen (secondary N) is 1. The Bertz CT molecular complexity index is 559. The summed E-state index contributed by atoms with van der Waals surface area (Å²) in [5, 5.41) is 0. The highest BCUT2D eigenvalue weighted by atomic mass is 14.9. The van der Waals surface area contributed by atoms with Crippen molar-refractivity contribution in [2.45, 2.75) is 67.2 Å². The van der Waals surface area contributed by atoms with Gasteiger partial charge in [0, 0.05) is 6.99 Å². The molecular formula is C19H32N2. The second-order valence-corrected chi connectivity index (χ2v) is 4.98. The molecule has 1 aliphatic rings. The molecule has 0 radical (unpaired) electrons. The Labute approximate surface area is 131 Å². The zero-order chi connectivity index (χ0) is 15.8. The van der Waals surface area contributed by atoms with Crippen LogP contribution in [0.25, 0.3) is 11.3 Å². The van der Waals surface area contributed by atoms with Gasteiger partial charge in [0.2, 0.25) is 0 Å². The largest absolute Gasteiger partial charge is 0.342 e. The van der Waals surface area contributed by atoms with Crippen molar-refractivity contribution in [1.82, 2.24) is 9.97 Å². The van der Waals surface area contributed by atoms with Crippen LogP contribution in [-0.4, -0.2) is 9.97 Å². The molecule has 3 rings (SSSR count). The number of hydrogen-bond donors (Lipinski definition) is 1. The molecule has 2 nitrogen and oxygen atoms in total. The van der Waals surface area contributed by atoms with Crippen molar-refractivity contribution in [2.75, 3.05) is 0 Å². The third kappa shape index (κ3) is 3.96. The molecule has 118 valence electrons. The van der Waals surface area contributed by atoms with Gasteiger partial charge in [0.15, 0.2) is 0 Å². The van der Waals surface area contributed by atoms with Gasteiger partial charge in [-0.25, -0.2) is 4.98 Å². The molecule has 0 aliphatic heterocycles. The van der Waals surface area contributed by atoms with Gasteiger partial charge in [0.05, 0.1) is 11.9 Å². The molecule has 0 fully saturated rings. The lowest BCUT2D eigenvalue weighted by Gasteiger charge is -2.21. The van der Waals surface area contributed by atoms with Crippen LogP contribution in [0.5, 0.6) is 0 Å². The second-order valence-electron chi connectivity index (χ2n) is 4.98. The summed E-state index contributed by atoms with van der Waals surface area (Å²) in [5.41, 5.74) is 7.08. The number of fused-ring (bicyclic) bond motifs is 1. The number of rotatable bonds is 1. The Morgan fingerprint density at radius 3 is 2.14 bits per heavy atom. The lowest BCUT2D eigenvalue weighted by molar-refractivity contribution is 0.683. The number of H-pyrrole nitrogens is 1. The Hall–Kier alpha value is -1.57. The second kappa shape index (κ2) is 8.66. The van der Waals surface area contributed by atoms with Gasteiger partial charge in [-0.15, -0.1) is 0 Å². The van der Waals surface area contributed by atoms with Gasteiger partial charge < -0.3 is 4.98 Å². The smallest absolute Gasteiger partial charge is 0.103 e. The number of imidazole rings is 1. The molecule has 0 spiro atoms. The standard InChI is InChI=1S/C15H18N2.2C2H6.H2/c1-10-7-8-14(15-9-16-11(2)17-15)13-6-4-3-5-12(10)13;2*1-2;/h7-9H,3-6H2,1-2H3,(H,16,17);2*1-2H3;1H. The van der Waals surface area contributed by atoms with Crippen LogP contribution in [0, 0.1) is 13.8 Å².